The SMILES string of the molecule is CC/C=C\C/C=C\C/C=C\C/C=C\C/C=C\C/C=C\CCCCCCCCCCCCCCC(=O)NC(COC1OC(CO)C(O)C(O)C1O)C(O)/C=C/CC/C=C/CCCCCCCCCCCCCCCCCCCCCCCCCCC. The Labute approximate surface area is 523 Å². The van der Waals surface area contributed by atoms with Crippen molar-refractivity contribution in [3.05, 3.63) is 97.2 Å². The van der Waals surface area contributed by atoms with Gasteiger partial charge in [-0.1, -0.05) is 329 Å². The van der Waals surface area contributed by atoms with Gasteiger partial charge in [-0.3, -0.25) is 4.79 Å². The maximum absolute atomic E-state index is 13.1. The molecule has 0 aromatic heterocycles. The van der Waals surface area contributed by atoms with Crippen LogP contribution in [0.2, 0.25) is 0 Å². The summed E-state index contributed by atoms with van der Waals surface area (Å²) < 4.78 is 11.3. The molecule has 1 aliphatic heterocycles. The van der Waals surface area contributed by atoms with E-state index in [9.17, 15) is 30.3 Å². The molecule has 6 N–H and O–H groups in total. The first-order valence-electron chi connectivity index (χ1n) is 36.0. The van der Waals surface area contributed by atoms with E-state index in [1.807, 2.05) is 6.08 Å². The highest BCUT2D eigenvalue weighted by molar-refractivity contribution is 5.76. The summed E-state index contributed by atoms with van der Waals surface area (Å²) in [7, 11) is 0. The number of allylic oxidation sites excluding steroid dienone is 15. The topological polar surface area (TPSA) is 149 Å². The van der Waals surface area contributed by atoms with Gasteiger partial charge in [-0.15, -0.1) is 0 Å². The number of carbonyl (C=O) groups is 1. The second-order valence-corrected chi connectivity index (χ2v) is 24.6. The van der Waals surface area contributed by atoms with Crippen LogP contribution in [0.25, 0.3) is 0 Å². The van der Waals surface area contributed by atoms with Crippen molar-refractivity contribution in [1.82, 2.24) is 5.32 Å². The van der Waals surface area contributed by atoms with Crippen LogP contribution in [0.15, 0.2) is 97.2 Å². The Morgan fingerprint density at radius 2 is 0.741 bits per heavy atom. The Morgan fingerprint density at radius 1 is 0.412 bits per heavy atom. The van der Waals surface area contributed by atoms with Gasteiger partial charge in [0.1, 0.15) is 24.4 Å². The first kappa shape index (κ1) is 80.1. The normalized spacial score (nSPS) is 18.7. The third-order valence-electron chi connectivity index (χ3n) is 16.6. The lowest BCUT2D eigenvalue weighted by Crippen LogP contribution is -2.60. The first-order valence-corrected chi connectivity index (χ1v) is 36.0. The highest BCUT2D eigenvalue weighted by Crippen LogP contribution is 2.23. The van der Waals surface area contributed by atoms with Crippen LogP contribution in [0.3, 0.4) is 0 Å². The van der Waals surface area contributed by atoms with Crippen molar-refractivity contribution in [3.63, 3.8) is 0 Å². The van der Waals surface area contributed by atoms with E-state index in [1.165, 1.54) is 225 Å². The van der Waals surface area contributed by atoms with Crippen molar-refractivity contribution in [2.24, 2.45) is 0 Å². The van der Waals surface area contributed by atoms with Crippen LogP contribution in [0.5, 0.6) is 0 Å². The lowest BCUT2D eigenvalue weighted by atomic mass is 9.99. The molecule has 9 nitrogen and oxygen atoms in total. The minimum atomic E-state index is -1.58. The third-order valence-corrected chi connectivity index (χ3v) is 16.6. The summed E-state index contributed by atoms with van der Waals surface area (Å²) in [6, 6.07) is -0.831. The van der Waals surface area contributed by atoms with E-state index in [-0.39, 0.29) is 12.5 Å². The predicted molar refractivity (Wildman–Crippen MR) is 364 cm³/mol. The van der Waals surface area contributed by atoms with Crippen LogP contribution in [0.4, 0.5) is 0 Å². The number of hydrogen-bond donors (Lipinski definition) is 6. The number of aliphatic hydroxyl groups excluding tert-OH is 5. The standard InChI is InChI=1S/C76H135NO8/c1-3-5-7-9-11-13-15-17-19-21-23-25-27-29-31-33-35-37-39-41-43-45-47-49-51-53-55-57-59-61-63-65-70(79)69(68-84-76-75(83)74(82)73(81)71(67-78)85-76)77-72(80)66-64-62-60-58-56-54-52-50-48-46-44-42-40-38-36-34-32-30-28-26-24-22-20-18-16-14-12-10-8-6-4-2/h6,8,12,14,18,20,24,26,30,32,36,38,55,57,63,65,69-71,73-76,78-79,81-83H,3-5,7,9-11,13,15-17,19,21-23,25,27-29,31,33-35,37,39-54,56,58-62,64,66-68H2,1-2H3,(H,77,80)/b8-6-,14-12-,20-18-,26-24-,32-30-,38-36-,57-55+,65-63+. The number of hydrogen-bond acceptors (Lipinski definition) is 8. The van der Waals surface area contributed by atoms with Crippen LogP contribution in [-0.4, -0.2) is 87.5 Å². The lowest BCUT2D eigenvalue weighted by molar-refractivity contribution is -0.302. The molecule has 0 bridgehead atoms. The van der Waals surface area contributed by atoms with E-state index in [0.29, 0.717) is 6.42 Å². The summed E-state index contributed by atoms with van der Waals surface area (Å²) in [5, 5.41) is 54.8. The van der Waals surface area contributed by atoms with Crippen LogP contribution in [0.1, 0.15) is 322 Å². The molecular weight excluding hydrogens is 1050 g/mol. The molecule has 1 heterocycles. The highest BCUT2D eigenvalue weighted by Gasteiger charge is 2.44. The Kier molecular flexibility index (Phi) is 60.4. The van der Waals surface area contributed by atoms with Crippen molar-refractivity contribution in [3.8, 4) is 0 Å². The fourth-order valence-electron chi connectivity index (χ4n) is 11.1. The second-order valence-electron chi connectivity index (χ2n) is 24.6. The molecule has 1 saturated heterocycles. The van der Waals surface area contributed by atoms with Gasteiger partial charge in [0.25, 0.3) is 0 Å². The fraction of sp³-hybridized carbons (Fsp3) is 0.776. The van der Waals surface area contributed by atoms with E-state index in [2.05, 4.69) is 104 Å². The Hall–Kier alpha value is -2.89. The molecule has 0 aliphatic carbocycles. The Balaban J connectivity index is 2.15. The monoisotopic (exact) mass is 1190 g/mol. The Morgan fingerprint density at radius 3 is 1.13 bits per heavy atom. The molecule has 7 atom stereocenters. The average molecular weight is 1190 g/mol. The highest BCUT2D eigenvalue weighted by atomic mass is 16.7. The van der Waals surface area contributed by atoms with Crippen molar-refractivity contribution in [1.29, 1.82) is 0 Å². The summed E-state index contributed by atoms with van der Waals surface area (Å²) in [6.07, 6.45) is 86.6. The molecule has 9 heteroatoms. The Bertz CT molecular complexity index is 1670. The number of aliphatic hydroxyl groups is 5. The van der Waals surface area contributed by atoms with E-state index < -0.39 is 49.5 Å². The average Bonchev–Trinajstić information content (AvgIpc) is 3.54. The van der Waals surface area contributed by atoms with Gasteiger partial charge in [-0.25, -0.2) is 0 Å². The molecule has 0 radical (unpaired) electrons. The van der Waals surface area contributed by atoms with E-state index >= 15 is 0 Å². The van der Waals surface area contributed by atoms with Crippen LogP contribution in [0, 0.1) is 0 Å². The number of rotatable bonds is 62. The zero-order valence-corrected chi connectivity index (χ0v) is 55.1. The minimum absolute atomic E-state index is 0.189. The van der Waals surface area contributed by atoms with Crippen molar-refractivity contribution in [2.45, 2.75) is 365 Å². The number of ether oxygens (including phenoxy) is 2. The molecule has 1 fully saturated rings. The summed E-state index contributed by atoms with van der Waals surface area (Å²) in [5.41, 5.74) is 0. The molecule has 1 rings (SSSR count). The van der Waals surface area contributed by atoms with Gasteiger partial charge in [-0.05, 0) is 83.5 Å². The smallest absolute Gasteiger partial charge is 0.220 e. The molecule has 492 valence electrons. The van der Waals surface area contributed by atoms with Gasteiger partial charge in [-0.2, -0.15) is 0 Å². The fourth-order valence-corrected chi connectivity index (χ4v) is 11.1. The second kappa shape index (κ2) is 64.1. The van der Waals surface area contributed by atoms with Crippen LogP contribution >= 0.6 is 0 Å². The molecular formula is C76H135NO8. The van der Waals surface area contributed by atoms with Crippen LogP contribution < -0.4 is 5.32 Å². The van der Waals surface area contributed by atoms with Gasteiger partial charge in [0.15, 0.2) is 6.29 Å². The molecule has 7 unspecified atom stereocenters. The van der Waals surface area contributed by atoms with E-state index in [1.54, 1.807) is 6.08 Å². The quantitative estimate of drug-likeness (QED) is 0.0261. The molecule has 0 spiro atoms. The lowest BCUT2D eigenvalue weighted by Gasteiger charge is -2.40. The van der Waals surface area contributed by atoms with Gasteiger partial charge < -0.3 is 40.3 Å². The zero-order valence-electron chi connectivity index (χ0n) is 55.1. The summed E-state index contributed by atoms with van der Waals surface area (Å²) in [6.45, 7) is 3.68. The number of carbonyl (C=O) groups excluding carboxylic acids is 1. The minimum Gasteiger partial charge on any atom is -0.394 e. The zero-order chi connectivity index (χ0) is 61.4. The van der Waals surface area contributed by atoms with Crippen molar-refractivity contribution < 1.29 is 39.8 Å². The summed E-state index contributed by atoms with van der Waals surface area (Å²) >= 11 is 0. The maximum Gasteiger partial charge on any atom is 0.220 e. The summed E-state index contributed by atoms with van der Waals surface area (Å²) in [5.74, 6) is -0.189. The van der Waals surface area contributed by atoms with E-state index in [0.717, 1.165) is 77.0 Å². The first-order chi connectivity index (χ1) is 41.8. The number of amides is 1. The van der Waals surface area contributed by atoms with Gasteiger partial charge in [0, 0.05) is 6.42 Å². The molecule has 85 heavy (non-hydrogen) atoms. The largest absolute Gasteiger partial charge is 0.394 e. The third kappa shape index (κ3) is 52.7. The maximum atomic E-state index is 13.1. The van der Waals surface area contributed by atoms with Crippen molar-refractivity contribution >= 4 is 5.91 Å². The predicted octanol–water partition coefficient (Wildman–Crippen LogP) is 19.9. The van der Waals surface area contributed by atoms with Crippen LogP contribution in [-0.2, 0) is 14.3 Å². The molecule has 0 aromatic carbocycles. The van der Waals surface area contributed by atoms with Gasteiger partial charge in [0.05, 0.1) is 25.4 Å². The van der Waals surface area contributed by atoms with Crippen molar-refractivity contribution in [2.75, 3.05) is 13.2 Å². The van der Waals surface area contributed by atoms with Gasteiger partial charge >= 0.3 is 0 Å². The number of nitrogens with one attached hydrogen (secondary N) is 1. The summed E-state index contributed by atoms with van der Waals surface area (Å²) in [4.78, 5) is 13.1. The molecule has 0 saturated carbocycles. The number of unbranched alkanes of at least 4 members (excludes halogenated alkanes) is 38. The van der Waals surface area contributed by atoms with Gasteiger partial charge in [0.2, 0.25) is 5.91 Å². The molecule has 1 aliphatic rings. The molecule has 1 amide bonds. The molecule has 0 aromatic rings. The van der Waals surface area contributed by atoms with E-state index in [4.69, 9.17) is 9.47 Å².